The highest BCUT2D eigenvalue weighted by Crippen LogP contribution is 2.57. The van der Waals surface area contributed by atoms with Gasteiger partial charge in [-0.2, -0.15) is 0 Å². The molecule has 5 nitrogen and oxygen atoms in total. The van der Waals surface area contributed by atoms with Gasteiger partial charge >= 0.3 is 0 Å². The van der Waals surface area contributed by atoms with Crippen molar-refractivity contribution in [3.63, 3.8) is 0 Å². The zero-order chi connectivity index (χ0) is 55.0. The fraction of sp³-hybridized carbons (Fsp3) is 0. The highest BCUT2D eigenvalue weighted by atomic mass is 16.5. The van der Waals surface area contributed by atoms with E-state index in [0.29, 0.717) is 0 Å². The van der Waals surface area contributed by atoms with Crippen LogP contribution in [0.15, 0.2) is 291 Å². The molecule has 0 saturated heterocycles. The van der Waals surface area contributed by atoms with Gasteiger partial charge in [0, 0.05) is 78.0 Å². The van der Waals surface area contributed by atoms with Crippen LogP contribution < -0.4 is 35.7 Å². The van der Waals surface area contributed by atoms with Crippen molar-refractivity contribution in [2.45, 2.75) is 0 Å². The van der Waals surface area contributed by atoms with Gasteiger partial charge in [-0.3, -0.25) is 0 Å². The summed E-state index contributed by atoms with van der Waals surface area (Å²) in [7, 11) is 0. The summed E-state index contributed by atoms with van der Waals surface area (Å²) in [6.07, 6.45) is 0. The predicted octanol–water partition coefficient (Wildman–Crippen LogP) is 19.1. The van der Waals surface area contributed by atoms with E-state index in [4.69, 9.17) is 9.47 Å². The normalized spacial score (nSPS) is 12.9. The van der Waals surface area contributed by atoms with E-state index < -0.39 is 0 Å². The molecule has 0 saturated carbocycles. The van der Waals surface area contributed by atoms with Crippen LogP contribution in [0.1, 0.15) is 0 Å². The summed E-state index contributed by atoms with van der Waals surface area (Å²) in [6, 6.07) is 107. The molecule has 390 valence electrons. The molecule has 5 heterocycles. The number of anilines is 6. The zero-order valence-corrected chi connectivity index (χ0v) is 45.4. The molecule has 6 heteroatoms. The highest BCUT2D eigenvalue weighted by molar-refractivity contribution is 7.00. The van der Waals surface area contributed by atoms with Crippen molar-refractivity contribution in [1.29, 1.82) is 0 Å². The van der Waals surface area contributed by atoms with Crippen LogP contribution in [0, 0.1) is 0 Å². The molecular formula is C78H48BN3O2. The molecule has 84 heavy (non-hydrogen) atoms. The van der Waals surface area contributed by atoms with E-state index in [1.165, 1.54) is 27.2 Å². The van der Waals surface area contributed by atoms with Crippen LogP contribution in [0.4, 0.5) is 34.1 Å². The predicted molar refractivity (Wildman–Crippen MR) is 348 cm³/mol. The van der Waals surface area contributed by atoms with Crippen molar-refractivity contribution in [1.82, 2.24) is 4.57 Å². The van der Waals surface area contributed by atoms with Gasteiger partial charge in [0.1, 0.15) is 23.0 Å². The molecular weight excluding hydrogens is 1020 g/mol. The van der Waals surface area contributed by atoms with Crippen molar-refractivity contribution in [2.75, 3.05) is 9.80 Å². The van der Waals surface area contributed by atoms with Crippen molar-refractivity contribution >= 4 is 79.0 Å². The number of hydrogen-bond donors (Lipinski definition) is 0. The van der Waals surface area contributed by atoms with Crippen molar-refractivity contribution in [3.05, 3.63) is 291 Å². The number of nitrogens with zero attached hydrogens (tertiary/aromatic N) is 3. The number of ether oxygens (including phenoxy) is 2. The number of para-hydroxylation sites is 8. The number of hydrogen-bond acceptors (Lipinski definition) is 4. The Bertz CT molecular complexity index is 4760. The molecule has 0 bridgehead atoms. The number of fused-ring (bicyclic) bond motifs is 19. The van der Waals surface area contributed by atoms with E-state index in [2.05, 4.69) is 306 Å². The summed E-state index contributed by atoms with van der Waals surface area (Å²) >= 11 is 0. The average molecular weight is 1070 g/mol. The minimum Gasteiger partial charge on any atom is -0.456 e. The maximum atomic E-state index is 7.28. The molecule has 0 atom stereocenters. The molecule has 14 aromatic rings. The molecule has 18 rings (SSSR count). The van der Waals surface area contributed by atoms with Crippen LogP contribution in [0.25, 0.3) is 94.3 Å². The largest absolute Gasteiger partial charge is 0.456 e. The Balaban J connectivity index is 1.09. The first-order chi connectivity index (χ1) is 41.7. The molecule has 0 spiro atoms. The number of aromatic nitrogens is 1. The summed E-state index contributed by atoms with van der Waals surface area (Å²) in [6.45, 7) is -0.310. The summed E-state index contributed by atoms with van der Waals surface area (Å²) in [5, 5.41) is 2.41. The van der Waals surface area contributed by atoms with Crippen LogP contribution in [0.2, 0.25) is 0 Å². The lowest BCUT2D eigenvalue weighted by atomic mass is 9.33. The van der Waals surface area contributed by atoms with E-state index in [-0.39, 0.29) is 6.71 Å². The van der Waals surface area contributed by atoms with Gasteiger partial charge in [0.05, 0.1) is 28.1 Å². The lowest BCUT2D eigenvalue weighted by Crippen LogP contribution is -2.61. The van der Waals surface area contributed by atoms with Gasteiger partial charge in [0.15, 0.2) is 0 Å². The van der Waals surface area contributed by atoms with Crippen molar-refractivity contribution in [2.24, 2.45) is 0 Å². The van der Waals surface area contributed by atoms with Crippen LogP contribution in [0.5, 0.6) is 23.0 Å². The molecule has 13 aromatic carbocycles. The number of rotatable bonds is 3. The van der Waals surface area contributed by atoms with Crippen LogP contribution >= 0.6 is 0 Å². The van der Waals surface area contributed by atoms with Gasteiger partial charge < -0.3 is 23.8 Å². The van der Waals surface area contributed by atoms with Crippen molar-refractivity contribution < 1.29 is 9.47 Å². The highest BCUT2D eigenvalue weighted by Gasteiger charge is 2.47. The second-order valence-electron chi connectivity index (χ2n) is 22.2. The molecule has 0 unspecified atom stereocenters. The average Bonchev–Trinajstić information content (AvgIpc) is 1.23. The first-order valence-electron chi connectivity index (χ1n) is 28.8. The second kappa shape index (κ2) is 18.2. The Morgan fingerprint density at radius 3 is 1.04 bits per heavy atom. The third-order valence-electron chi connectivity index (χ3n) is 17.7. The minimum atomic E-state index is -0.310. The fourth-order valence-electron chi connectivity index (χ4n) is 14.2. The summed E-state index contributed by atoms with van der Waals surface area (Å²) in [5.74, 6) is 3.16. The number of benzene rings is 13. The van der Waals surface area contributed by atoms with Crippen LogP contribution in [-0.4, -0.2) is 11.3 Å². The van der Waals surface area contributed by atoms with Gasteiger partial charge in [-0.05, 0) is 111 Å². The van der Waals surface area contributed by atoms with Crippen LogP contribution in [0.3, 0.4) is 0 Å². The lowest BCUT2D eigenvalue weighted by molar-refractivity contribution is 0.486. The van der Waals surface area contributed by atoms with Gasteiger partial charge in [-0.25, -0.2) is 0 Å². The van der Waals surface area contributed by atoms with E-state index in [1.54, 1.807) is 0 Å². The Labute approximate surface area is 486 Å². The zero-order valence-electron chi connectivity index (χ0n) is 45.4. The standard InChI is InChI=1S/C78H48BN3O2/c1-3-23-49(24-4-1)51-43-62-60-33-13-21-41-74(60)83-72-39-19-11-31-58(72)56-29-9-17-37-68(56)81-70-47-53(80-66-35-15-7-27-54(66)55-28-8-16-36-67(55)80)48-71-76(70)79(64(45-51)77(62)81)65-46-52(50-25-5-2-6-26-50)44-63-61-34-14-22-42-75(61)84-73-40-20-12-32-59(73)57-30-10-18-38-69(57)82(71)78(63)65/h1-48H. The summed E-state index contributed by atoms with van der Waals surface area (Å²) in [5.41, 5.74) is 26.2. The maximum absolute atomic E-state index is 7.28. The smallest absolute Gasteiger partial charge is 0.252 e. The first-order valence-corrected chi connectivity index (χ1v) is 28.8. The molecule has 0 N–H and O–H groups in total. The summed E-state index contributed by atoms with van der Waals surface area (Å²) in [4.78, 5) is 5.25. The minimum absolute atomic E-state index is 0.310. The van der Waals surface area contributed by atoms with Crippen LogP contribution in [-0.2, 0) is 0 Å². The molecule has 0 amide bonds. The van der Waals surface area contributed by atoms with E-state index in [9.17, 15) is 0 Å². The molecule has 0 radical (unpaired) electrons. The quantitative estimate of drug-likeness (QED) is 0.165. The van der Waals surface area contributed by atoms with Gasteiger partial charge in [0.25, 0.3) is 6.71 Å². The molecule has 4 aliphatic rings. The molecule has 1 aromatic heterocycles. The van der Waals surface area contributed by atoms with Gasteiger partial charge in [0.2, 0.25) is 0 Å². The Morgan fingerprint density at radius 1 is 0.262 bits per heavy atom. The summed E-state index contributed by atoms with van der Waals surface area (Å²) < 4.78 is 17.1. The first kappa shape index (κ1) is 46.7. The Morgan fingerprint density at radius 2 is 0.607 bits per heavy atom. The van der Waals surface area contributed by atoms with Gasteiger partial charge in [-0.15, -0.1) is 0 Å². The SMILES string of the molecule is c1ccc(-c2cc3c4c(c2)-c2ccccc2Oc2ccccc2-c2ccccc2N4c2cc(-n4c5ccccc5c5ccccc54)cc4c2B3c2cc(-c3ccccc3)cc3c2N4c2ccccc2-c2ccccc2Oc2ccccc2-3)cc1. The second-order valence-corrected chi connectivity index (χ2v) is 22.2. The maximum Gasteiger partial charge on any atom is 0.252 e. The third kappa shape index (κ3) is 6.85. The fourth-order valence-corrected chi connectivity index (χ4v) is 14.2. The lowest BCUT2D eigenvalue weighted by Gasteiger charge is -2.47. The Kier molecular flexibility index (Phi) is 10.1. The monoisotopic (exact) mass is 1070 g/mol. The molecule has 4 aliphatic heterocycles. The van der Waals surface area contributed by atoms with E-state index in [0.717, 1.165) is 141 Å². The van der Waals surface area contributed by atoms with Crippen molar-refractivity contribution in [3.8, 4) is 95.4 Å². The third-order valence-corrected chi connectivity index (χ3v) is 17.7. The molecule has 0 aliphatic carbocycles. The topological polar surface area (TPSA) is 29.9 Å². The Hall–Kier alpha value is -11.1. The van der Waals surface area contributed by atoms with E-state index in [1.807, 2.05) is 0 Å². The van der Waals surface area contributed by atoms with E-state index >= 15 is 0 Å². The molecule has 0 fully saturated rings. The van der Waals surface area contributed by atoms with Gasteiger partial charge in [-0.1, -0.05) is 218 Å².